The standard InChI is InChI=1S/C14H23N3O/c1-11(15)14-7-6-13(9-16-14)18-10-12-5-3-4-8-17(12)2/h6-7,9,11-12H,3-5,8,10,15H2,1-2H3. The van der Waals surface area contributed by atoms with Gasteiger partial charge in [-0.3, -0.25) is 4.98 Å². The van der Waals surface area contributed by atoms with E-state index in [0.29, 0.717) is 6.04 Å². The minimum absolute atomic E-state index is 0.0245. The van der Waals surface area contributed by atoms with Crippen molar-refractivity contribution in [2.75, 3.05) is 20.2 Å². The number of piperidine rings is 1. The normalized spacial score (nSPS) is 22.7. The lowest BCUT2D eigenvalue weighted by Gasteiger charge is -2.32. The number of nitrogens with zero attached hydrogens (tertiary/aromatic N) is 2. The minimum Gasteiger partial charge on any atom is -0.490 e. The summed E-state index contributed by atoms with van der Waals surface area (Å²) in [6.07, 6.45) is 5.60. The molecule has 1 aromatic rings. The van der Waals surface area contributed by atoms with Gasteiger partial charge in [0.25, 0.3) is 0 Å². The van der Waals surface area contributed by atoms with E-state index in [-0.39, 0.29) is 6.04 Å². The fourth-order valence-corrected chi connectivity index (χ4v) is 2.29. The van der Waals surface area contributed by atoms with Gasteiger partial charge < -0.3 is 15.4 Å². The molecule has 1 aliphatic heterocycles. The lowest BCUT2D eigenvalue weighted by atomic mass is 10.0. The molecule has 1 aromatic heterocycles. The molecule has 2 unspecified atom stereocenters. The van der Waals surface area contributed by atoms with Gasteiger partial charge in [0.2, 0.25) is 0 Å². The van der Waals surface area contributed by atoms with Gasteiger partial charge in [-0.15, -0.1) is 0 Å². The maximum Gasteiger partial charge on any atom is 0.137 e. The van der Waals surface area contributed by atoms with Crippen molar-refractivity contribution in [1.29, 1.82) is 0 Å². The molecule has 4 heteroatoms. The van der Waals surface area contributed by atoms with Crippen molar-refractivity contribution in [3.8, 4) is 5.75 Å². The minimum atomic E-state index is -0.0245. The van der Waals surface area contributed by atoms with E-state index in [2.05, 4.69) is 16.9 Å². The average molecular weight is 249 g/mol. The average Bonchev–Trinajstić information content (AvgIpc) is 2.38. The Kier molecular flexibility index (Phi) is 4.55. The number of aromatic nitrogens is 1. The van der Waals surface area contributed by atoms with Crippen molar-refractivity contribution in [1.82, 2.24) is 9.88 Å². The molecule has 18 heavy (non-hydrogen) atoms. The summed E-state index contributed by atoms with van der Waals surface area (Å²) in [6.45, 7) is 3.85. The van der Waals surface area contributed by atoms with Crippen LogP contribution in [0.3, 0.4) is 0 Å². The lowest BCUT2D eigenvalue weighted by molar-refractivity contribution is 0.125. The van der Waals surface area contributed by atoms with Gasteiger partial charge in [-0.2, -0.15) is 0 Å². The van der Waals surface area contributed by atoms with E-state index in [1.807, 2.05) is 19.1 Å². The Morgan fingerprint density at radius 1 is 1.50 bits per heavy atom. The molecule has 1 fully saturated rings. The molecule has 2 heterocycles. The number of ether oxygens (including phenoxy) is 1. The number of hydrogen-bond acceptors (Lipinski definition) is 4. The third kappa shape index (κ3) is 3.43. The summed E-state index contributed by atoms with van der Waals surface area (Å²) in [5.41, 5.74) is 6.66. The van der Waals surface area contributed by atoms with Crippen LogP contribution >= 0.6 is 0 Å². The zero-order valence-electron chi connectivity index (χ0n) is 11.3. The van der Waals surface area contributed by atoms with E-state index in [1.165, 1.54) is 25.8 Å². The second-order valence-corrected chi connectivity index (χ2v) is 5.15. The molecule has 2 atom stereocenters. The largest absolute Gasteiger partial charge is 0.490 e. The maximum atomic E-state index is 5.81. The van der Waals surface area contributed by atoms with E-state index in [0.717, 1.165) is 18.1 Å². The highest BCUT2D eigenvalue weighted by Gasteiger charge is 2.19. The molecule has 1 aliphatic rings. The van der Waals surface area contributed by atoms with Gasteiger partial charge in [-0.1, -0.05) is 6.42 Å². The van der Waals surface area contributed by atoms with E-state index in [1.54, 1.807) is 6.20 Å². The highest BCUT2D eigenvalue weighted by molar-refractivity contribution is 5.21. The summed E-state index contributed by atoms with van der Waals surface area (Å²) in [6, 6.07) is 4.40. The van der Waals surface area contributed by atoms with Crippen molar-refractivity contribution < 1.29 is 4.74 Å². The van der Waals surface area contributed by atoms with Crippen molar-refractivity contribution in [2.45, 2.75) is 38.3 Å². The molecule has 2 N–H and O–H groups in total. The molecule has 2 rings (SSSR count). The Morgan fingerprint density at radius 3 is 2.94 bits per heavy atom. The van der Waals surface area contributed by atoms with Crippen LogP contribution in [-0.4, -0.2) is 36.1 Å². The predicted molar refractivity (Wildman–Crippen MR) is 72.6 cm³/mol. The number of rotatable bonds is 4. The molecular formula is C14H23N3O. The SMILES string of the molecule is CC(N)c1ccc(OCC2CCCCN2C)cn1. The van der Waals surface area contributed by atoms with Crippen LogP contribution in [0.4, 0.5) is 0 Å². The van der Waals surface area contributed by atoms with Crippen LogP contribution in [0.5, 0.6) is 5.75 Å². The second kappa shape index (κ2) is 6.16. The highest BCUT2D eigenvalue weighted by Crippen LogP contribution is 2.17. The van der Waals surface area contributed by atoms with Gasteiger partial charge >= 0.3 is 0 Å². The van der Waals surface area contributed by atoms with Crippen LogP contribution in [0.15, 0.2) is 18.3 Å². The highest BCUT2D eigenvalue weighted by atomic mass is 16.5. The molecule has 0 radical (unpaired) electrons. The van der Waals surface area contributed by atoms with Crippen LogP contribution in [0.1, 0.15) is 37.9 Å². The summed E-state index contributed by atoms with van der Waals surface area (Å²) in [4.78, 5) is 6.68. The first-order valence-corrected chi connectivity index (χ1v) is 6.71. The number of likely N-dealkylation sites (tertiary alicyclic amines) is 1. The fourth-order valence-electron chi connectivity index (χ4n) is 2.29. The van der Waals surface area contributed by atoms with Crippen LogP contribution in [-0.2, 0) is 0 Å². The van der Waals surface area contributed by atoms with Crippen molar-refractivity contribution >= 4 is 0 Å². The summed E-state index contributed by atoms with van der Waals surface area (Å²) < 4.78 is 5.81. The fraction of sp³-hybridized carbons (Fsp3) is 0.643. The summed E-state index contributed by atoms with van der Waals surface area (Å²) in [5, 5.41) is 0. The number of likely N-dealkylation sites (N-methyl/N-ethyl adjacent to an activating group) is 1. The molecule has 0 saturated carbocycles. The van der Waals surface area contributed by atoms with E-state index >= 15 is 0 Å². The summed E-state index contributed by atoms with van der Waals surface area (Å²) >= 11 is 0. The zero-order valence-corrected chi connectivity index (χ0v) is 11.3. The smallest absolute Gasteiger partial charge is 0.137 e. The summed E-state index contributed by atoms with van der Waals surface area (Å²) in [7, 11) is 2.17. The van der Waals surface area contributed by atoms with Crippen molar-refractivity contribution in [3.05, 3.63) is 24.0 Å². The van der Waals surface area contributed by atoms with Crippen LogP contribution < -0.4 is 10.5 Å². The molecule has 0 amide bonds. The molecule has 100 valence electrons. The quantitative estimate of drug-likeness (QED) is 0.886. The molecular weight excluding hydrogens is 226 g/mol. The third-order valence-electron chi connectivity index (χ3n) is 3.59. The molecule has 0 bridgehead atoms. The van der Waals surface area contributed by atoms with Gasteiger partial charge in [0.05, 0.1) is 11.9 Å². The zero-order chi connectivity index (χ0) is 13.0. The summed E-state index contributed by atoms with van der Waals surface area (Å²) in [5.74, 6) is 0.832. The number of nitrogens with two attached hydrogens (primary N) is 1. The monoisotopic (exact) mass is 249 g/mol. The van der Waals surface area contributed by atoms with Gasteiger partial charge in [0.15, 0.2) is 0 Å². The van der Waals surface area contributed by atoms with E-state index in [9.17, 15) is 0 Å². The first-order chi connectivity index (χ1) is 8.66. The Balaban J connectivity index is 1.85. The molecule has 1 saturated heterocycles. The van der Waals surface area contributed by atoms with Crippen molar-refractivity contribution in [2.24, 2.45) is 5.73 Å². The maximum absolute atomic E-state index is 5.81. The van der Waals surface area contributed by atoms with Crippen molar-refractivity contribution in [3.63, 3.8) is 0 Å². The number of hydrogen-bond donors (Lipinski definition) is 1. The van der Waals surface area contributed by atoms with Crippen LogP contribution in [0.2, 0.25) is 0 Å². The Hall–Kier alpha value is -1.13. The van der Waals surface area contributed by atoms with E-state index in [4.69, 9.17) is 10.5 Å². The Bertz CT molecular complexity index is 364. The lowest BCUT2D eigenvalue weighted by Crippen LogP contribution is -2.40. The van der Waals surface area contributed by atoms with Crippen LogP contribution in [0, 0.1) is 0 Å². The molecule has 4 nitrogen and oxygen atoms in total. The van der Waals surface area contributed by atoms with Crippen LogP contribution in [0.25, 0.3) is 0 Å². The molecule has 0 spiro atoms. The first-order valence-electron chi connectivity index (χ1n) is 6.71. The second-order valence-electron chi connectivity index (χ2n) is 5.15. The third-order valence-corrected chi connectivity index (χ3v) is 3.59. The van der Waals surface area contributed by atoms with E-state index < -0.39 is 0 Å². The van der Waals surface area contributed by atoms with Gasteiger partial charge in [-0.05, 0) is 45.5 Å². The molecule has 0 aromatic carbocycles. The molecule has 0 aliphatic carbocycles. The van der Waals surface area contributed by atoms with Gasteiger partial charge in [0, 0.05) is 12.1 Å². The number of pyridine rings is 1. The van der Waals surface area contributed by atoms with Gasteiger partial charge in [-0.25, -0.2) is 0 Å². The Morgan fingerprint density at radius 2 is 2.33 bits per heavy atom. The first kappa shape index (κ1) is 13.3. The Labute approximate surface area is 109 Å². The van der Waals surface area contributed by atoms with Gasteiger partial charge in [0.1, 0.15) is 12.4 Å². The predicted octanol–water partition coefficient (Wildman–Crippen LogP) is 1.96. The topological polar surface area (TPSA) is 51.4 Å².